The summed E-state index contributed by atoms with van der Waals surface area (Å²) in [5.41, 5.74) is 12.6. The standard InChI is InChI=1S/C27H36BBrN2O4.C21H26BN3O3.2CH4/c1-17-12-18(2)14-21(13-17)24(33)31(25(3,4)5)30-23(32)19-10-11-20(16-29)22(15-19)28-34-26(6,7)27(8,9)35-28;1-13-8-14(2)10-17(9-13)20(27)25(21(3,4)5)24-19(26)15-6-7-16-12-23-22(28)18(16)11-15;;/h10-15H,16H2,1-9H3,(H,30,32);6-11,23,28H,12H2,1-5H3,(H,24,26);2*1H4. The quantitative estimate of drug-likeness (QED) is 0.0863. The number of halogens is 1. The molecule has 2 heterocycles. The van der Waals surface area contributed by atoms with Gasteiger partial charge in [-0.1, -0.05) is 83.4 Å². The molecule has 1 fully saturated rings. The third-order valence-corrected chi connectivity index (χ3v) is 12.0. The number of hydrogen-bond donors (Lipinski definition) is 4. The molecule has 0 unspecified atom stereocenters. The summed E-state index contributed by atoms with van der Waals surface area (Å²) < 4.78 is 12.5. The average Bonchev–Trinajstić information content (AvgIpc) is 3.66. The summed E-state index contributed by atoms with van der Waals surface area (Å²) in [6.45, 7) is 27.6. The molecule has 2 aliphatic rings. The highest BCUT2D eigenvalue weighted by Gasteiger charge is 2.52. The fraction of sp³-hybridized carbons (Fsp3) is 0.440. The van der Waals surface area contributed by atoms with Crippen LogP contribution in [-0.4, -0.2) is 75.1 Å². The molecule has 4 aromatic carbocycles. The van der Waals surface area contributed by atoms with Gasteiger partial charge in [-0.2, -0.15) is 0 Å². The minimum atomic E-state index is -0.779. The van der Waals surface area contributed by atoms with Crippen LogP contribution in [-0.2, 0) is 21.2 Å². The molecule has 1 saturated heterocycles. The van der Waals surface area contributed by atoms with E-state index in [4.69, 9.17) is 9.31 Å². The fourth-order valence-electron chi connectivity index (χ4n) is 7.35. The van der Waals surface area contributed by atoms with Gasteiger partial charge >= 0.3 is 14.2 Å². The molecule has 4 N–H and O–H groups in total. The Morgan fingerprint density at radius 3 is 1.42 bits per heavy atom. The second kappa shape index (κ2) is 20.8. The number of carbonyl (C=O) groups is 4. The van der Waals surface area contributed by atoms with Gasteiger partial charge in [0.25, 0.3) is 23.6 Å². The summed E-state index contributed by atoms with van der Waals surface area (Å²) in [5.74, 6) is -1.30. The predicted molar refractivity (Wildman–Crippen MR) is 268 cm³/mol. The summed E-state index contributed by atoms with van der Waals surface area (Å²) in [6, 6.07) is 21.9. The maximum absolute atomic E-state index is 13.4. The Morgan fingerprint density at radius 1 is 0.646 bits per heavy atom. The van der Waals surface area contributed by atoms with Crippen molar-refractivity contribution in [1.82, 2.24) is 26.1 Å². The number of alkyl halides is 1. The molecule has 0 saturated carbocycles. The number of carbonyl (C=O) groups excluding carboxylic acids is 4. The maximum Gasteiger partial charge on any atom is 0.495 e. The van der Waals surface area contributed by atoms with Crippen molar-refractivity contribution >= 4 is 64.7 Å². The molecule has 0 atom stereocenters. The van der Waals surface area contributed by atoms with Crippen molar-refractivity contribution in [3.8, 4) is 0 Å². The van der Waals surface area contributed by atoms with E-state index in [-0.39, 0.29) is 32.6 Å². The van der Waals surface area contributed by atoms with E-state index in [1.165, 1.54) is 10.0 Å². The minimum Gasteiger partial charge on any atom is -0.433 e. The first-order valence-electron chi connectivity index (χ1n) is 21.2. The molecule has 0 aliphatic carbocycles. The molecule has 12 nitrogen and oxygen atoms in total. The zero-order valence-corrected chi connectivity index (χ0v) is 40.8. The second-order valence-electron chi connectivity index (χ2n) is 19.6. The van der Waals surface area contributed by atoms with E-state index < -0.39 is 42.4 Å². The van der Waals surface area contributed by atoms with Gasteiger partial charge in [-0.05, 0) is 161 Å². The van der Waals surface area contributed by atoms with Gasteiger partial charge in [0.15, 0.2) is 0 Å². The van der Waals surface area contributed by atoms with Crippen LogP contribution in [0.5, 0.6) is 0 Å². The number of aryl methyl sites for hydroxylation is 4. The first-order valence-corrected chi connectivity index (χ1v) is 22.3. The van der Waals surface area contributed by atoms with Gasteiger partial charge in [0.1, 0.15) is 0 Å². The van der Waals surface area contributed by atoms with Crippen molar-refractivity contribution in [2.45, 2.75) is 146 Å². The first-order chi connectivity index (χ1) is 29.1. The van der Waals surface area contributed by atoms with Crippen LogP contribution in [0.4, 0.5) is 0 Å². The van der Waals surface area contributed by atoms with Gasteiger partial charge < -0.3 is 19.6 Å². The van der Waals surface area contributed by atoms with E-state index in [9.17, 15) is 24.2 Å². The third-order valence-electron chi connectivity index (χ3n) is 11.4. The predicted octanol–water partition coefficient (Wildman–Crippen LogP) is 8.04. The van der Waals surface area contributed by atoms with Gasteiger partial charge in [-0.25, -0.2) is 10.0 Å². The molecule has 4 amide bonds. The molecule has 0 aromatic heterocycles. The average molecular weight is 955 g/mol. The molecular formula is C50H70B2BrN5O7. The Balaban J connectivity index is 0.000000342. The molecule has 0 radical (unpaired) electrons. The number of hydrazine groups is 2. The number of rotatable bonds is 6. The third kappa shape index (κ3) is 12.8. The fourth-order valence-corrected chi connectivity index (χ4v) is 7.86. The highest BCUT2D eigenvalue weighted by atomic mass is 79.9. The monoisotopic (exact) mass is 953 g/mol. The number of benzene rings is 4. The van der Waals surface area contributed by atoms with Gasteiger partial charge in [-0.3, -0.25) is 30.0 Å². The number of nitrogens with one attached hydrogen (secondary N) is 3. The molecule has 15 heteroatoms. The topological polar surface area (TPSA) is 150 Å². The summed E-state index contributed by atoms with van der Waals surface area (Å²) in [7, 11) is -1.38. The highest BCUT2D eigenvalue weighted by Crippen LogP contribution is 2.37. The molecule has 65 heavy (non-hydrogen) atoms. The van der Waals surface area contributed by atoms with E-state index in [2.05, 4.69) is 32.0 Å². The van der Waals surface area contributed by atoms with Crippen molar-refractivity contribution in [3.05, 3.63) is 128 Å². The van der Waals surface area contributed by atoms with E-state index >= 15 is 0 Å². The lowest BCUT2D eigenvalue weighted by atomic mass is 9.75. The number of fused-ring (bicyclic) bond motifs is 1. The Bertz CT molecular complexity index is 2350. The minimum absolute atomic E-state index is 0. The lowest BCUT2D eigenvalue weighted by Crippen LogP contribution is -2.56. The van der Waals surface area contributed by atoms with Gasteiger partial charge in [0.2, 0.25) is 0 Å². The first kappa shape index (κ1) is 54.5. The number of nitrogens with zero attached hydrogens (tertiary/aromatic N) is 2. The normalized spacial score (nSPS) is 14.8. The van der Waals surface area contributed by atoms with E-state index in [1.807, 2.05) is 145 Å². The lowest BCUT2D eigenvalue weighted by Gasteiger charge is -2.35. The number of amides is 4. The van der Waals surface area contributed by atoms with Crippen molar-refractivity contribution in [2.24, 2.45) is 0 Å². The SMILES string of the molecule is C.C.Cc1cc(C)cc(C(=O)N(NC(=O)c2ccc(CBr)c(B3OC(C)(C)C(C)(C)O3)c2)C(C)(C)C)c1.Cc1cc(C)cc(C(=O)N(NC(=O)c2ccc3c(c2)B(O)NC3)C(C)(C)C)c1. The Morgan fingerprint density at radius 2 is 1.03 bits per heavy atom. The van der Waals surface area contributed by atoms with Crippen LogP contribution >= 0.6 is 15.9 Å². The second-order valence-corrected chi connectivity index (χ2v) is 20.2. The molecule has 6 rings (SSSR count). The summed E-state index contributed by atoms with van der Waals surface area (Å²) in [5, 5.41) is 16.3. The van der Waals surface area contributed by atoms with Gasteiger partial charge in [-0.15, -0.1) is 0 Å². The summed E-state index contributed by atoms with van der Waals surface area (Å²) >= 11 is 3.53. The van der Waals surface area contributed by atoms with Crippen molar-refractivity contribution < 1.29 is 33.5 Å². The zero-order chi connectivity index (χ0) is 47.0. The van der Waals surface area contributed by atoms with Crippen LogP contribution in [0.15, 0.2) is 72.8 Å². The van der Waals surface area contributed by atoms with Crippen LogP contribution in [0.2, 0.25) is 0 Å². The van der Waals surface area contributed by atoms with Crippen LogP contribution < -0.4 is 27.0 Å². The summed E-state index contributed by atoms with van der Waals surface area (Å²) in [4.78, 5) is 52.9. The molecule has 4 aromatic rings. The molecule has 0 spiro atoms. The van der Waals surface area contributed by atoms with Crippen LogP contribution in [0, 0.1) is 27.7 Å². The molecular weight excluding hydrogens is 884 g/mol. The molecule has 2 aliphatic heterocycles. The maximum atomic E-state index is 13.4. The highest BCUT2D eigenvalue weighted by molar-refractivity contribution is 9.08. The van der Waals surface area contributed by atoms with Crippen molar-refractivity contribution in [3.63, 3.8) is 0 Å². The Kier molecular flexibility index (Phi) is 17.5. The molecule has 350 valence electrons. The Labute approximate surface area is 397 Å². The molecule has 0 bridgehead atoms. The zero-order valence-electron chi connectivity index (χ0n) is 39.2. The van der Waals surface area contributed by atoms with Gasteiger partial charge in [0.05, 0.1) is 22.3 Å². The Hall–Kier alpha value is -4.79. The number of hydrogen-bond acceptors (Lipinski definition) is 8. The smallest absolute Gasteiger partial charge is 0.433 e. The van der Waals surface area contributed by atoms with Gasteiger partial charge in [0, 0.05) is 34.1 Å². The summed E-state index contributed by atoms with van der Waals surface area (Å²) in [6.07, 6.45) is 0. The largest absolute Gasteiger partial charge is 0.495 e. The van der Waals surface area contributed by atoms with Crippen molar-refractivity contribution in [1.29, 1.82) is 0 Å². The van der Waals surface area contributed by atoms with Crippen LogP contribution in [0.1, 0.15) is 159 Å². The van der Waals surface area contributed by atoms with Crippen LogP contribution in [0.25, 0.3) is 0 Å². The van der Waals surface area contributed by atoms with E-state index in [1.54, 1.807) is 24.3 Å². The van der Waals surface area contributed by atoms with E-state index in [0.717, 1.165) is 38.8 Å². The van der Waals surface area contributed by atoms with E-state index in [0.29, 0.717) is 39.6 Å². The lowest BCUT2D eigenvalue weighted by molar-refractivity contribution is 0.00578. The van der Waals surface area contributed by atoms with Crippen molar-refractivity contribution in [2.75, 3.05) is 0 Å². The van der Waals surface area contributed by atoms with Crippen LogP contribution in [0.3, 0.4) is 0 Å².